The number of azide groups is 1. The summed E-state index contributed by atoms with van der Waals surface area (Å²) in [6, 6.07) is 0. The Morgan fingerprint density at radius 1 is 1.00 bits per heavy atom. The maximum Gasteiger partial charge on any atom is 0.431 e. The van der Waals surface area contributed by atoms with Crippen molar-refractivity contribution in [3.05, 3.63) is 10.4 Å². The van der Waals surface area contributed by atoms with Gasteiger partial charge < -0.3 is 4.43 Å². The topological polar surface area (TPSA) is 58.0 Å². The number of rotatable bonds is 3. The van der Waals surface area contributed by atoms with Gasteiger partial charge in [-0.2, -0.15) is 26.3 Å². The molecule has 0 aromatic carbocycles. The van der Waals surface area contributed by atoms with E-state index in [1.165, 1.54) is 0 Å². The summed E-state index contributed by atoms with van der Waals surface area (Å²) in [5.74, 6) is 0. The molecule has 0 aromatic heterocycles. The molecule has 11 heteroatoms. The van der Waals surface area contributed by atoms with Crippen LogP contribution in [0.5, 0.6) is 0 Å². The summed E-state index contributed by atoms with van der Waals surface area (Å²) in [4.78, 5) is 1.61. The highest BCUT2D eigenvalue weighted by molar-refractivity contribution is 6.69. The molecule has 0 radical (unpaired) electrons. The number of nitrogens with zero attached hydrogens (tertiary/aromatic N) is 3. The number of hydrogen-bond acceptors (Lipinski definition) is 2. The van der Waals surface area contributed by atoms with Gasteiger partial charge in [0.15, 0.2) is 8.32 Å². The highest BCUT2D eigenvalue weighted by Crippen LogP contribution is 2.48. The van der Waals surface area contributed by atoms with Crippen molar-refractivity contribution in [3.8, 4) is 0 Å². The van der Waals surface area contributed by atoms with E-state index < -0.39 is 26.4 Å². The monoisotopic (exact) mass is 281 g/mol. The highest BCUT2D eigenvalue weighted by Gasteiger charge is 2.73. The molecule has 17 heavy (non-hydrogen) atoms. The maximum atomic E-state index is 12.5. The molecule has 0 aliphatic carbocycles. The van der Waals surface area contributed by atoms with Crippen LogP contribution in [-0.4, -0.2) is 26.4 Å². The standard InChI is InChI=1S/C6H9F6N3OSi/c1-17(2,3)16-4(14-15-13,5(7,8)9)6(10,11)12/h1-3H3. The van der Waals surface area contributed by atoms with E-state index in [9.17, 15) is 26.3 Å². The second-order valence-electron chi connectivity index (χ2n) is 4.04. The van der Waals surface area contributed by atoms with Crippen LogP contribution >= 0.6 is 0 Å². The zero-order chi connectivity index (χ0) is 14.1. The molecule has 0 N–H and O–H groups in total. The first-order chi connectivity index (χ1) is 7.27. The summed E-state index contributed by atoms with van der Waals surface area (Å²) in [6.07, 6.45) is -11.8. The van der Waals surface area contributed by atoms with E-state index in [1.54, 1.807) is 4.91 Å². The van der Waals surface area contributed by atoms with Crippen LogP contribution in [0.2, 0.25) is 19.6 Å². The van der Waals surface area contributed by atoms with Gasteiger partial charge in [0.25, 0.3) is 0 Å². The number of alkyl halides is 6. The van der Waals surface area contributed by atoms with Gasteiger partial charge in [0.05, 0.1) is 0 Å². The average Bonchev–Trinajstić information content (AvgIpc) is 1.96. The molecule has 0 saturated heterocycles. The van der Waals surface area contributed by atoms with E-state index in [0.29, 0.717) is 0 Å². The Labute approximate surface area is 93.3 Å². The predicted molar refractivity (Wildman–Crippen MR) is 48.4 cm³/mol. The van der Waals surface area contributed by atoms with Gasteiger partial charge in [0.2, 0.25) is 0 Å². The van der Waals surface area contributed by atoms with Crippen molar-refractivity contribution in [1.82, 2.24) is 0 Å². The van der Waals surface area contributed by atoms with Crippen molar-refractivity contribution < 1.29 is 30.8 Å². The molecule has 4 nitrogen and oxygen atoms in total. The van der Waals surface area contributed by atoms with Gasteiger partial charge in [-0.15, -0.1) is 0 Å². The molecule has 0 atom stereocenters. The van der Waals surface area contributed by atoms with Gasteiger partial charge in [-0.1, -0.05) is 0 Å². The van der Waals surface area contributed by atoms with Crippen molar-refractivity contribution in [2.75, 3.05) is 0 Å². The van der Waals surface area contributed by atoms with Crippen LogP contribution in [-0.2, 0) is 4.43 Å². The summed E-state index contributed by atoms with van der Waals surface area (Å²) in [7, 11) is -3.25. The van der Waals surface area contributed by atoms with Crippen LogP contribution in [0.1, 0.15) is 0 Å². The van der Waals surface area contributed by atoms with Gasteiger partial charge in [-0.3, -0.25) is 0 Å². The first kappa shape index (κ1) is 16.1. The molecule has 0 aromatic rings. The van der Waals surface area contributed by atoms with Crippen molar-refractivity contribution in [2.45, 2.75) is 37.7 Å². The van der Waals surface area contributed by atoms with Gasteiger partial charge in [0, 0.05) is 4.91 Å². The molecule has 100 valence electrons. The largest absolute Gasteiger partial charge is 0.431 e. The Morgan fingerprint density at radius 3 is 1.53 bits per heavy atom. The summed E-state index contributed by atoms with van der Waals surface area (Å²) < 4.78 is 79.1. The molecule has 0 unspecified atom stereocenters. The molecular weight excluding hydrogens is 272 g/mol. The Balaban J connectivity index is 5.86. The molecule has 0 heterocycles. The van der Waals surface area contributed by atoms with Gasteiger partial charge >= 0.3 is 18.1 Å². The predicted octanol–water partition coefficient (Wildman–Crippen LogP) is 3.97. The van der Waals surface area contributed by atoms with Crippen LogP contribution in [0.25, 0.3) is 10.4 Å². The van der Waals surface area contributed by atoms with E-state index in [0.717, 1.165) is 19.6 Å². The third-order valence-electron chi connectivity index (χ3n) is 1.41. The second kappa shape index (κ2) is 4.39. The molecule has 0 aliphatic heterocycles. The quantitative estimate of drug-likeness (QED) is 0.254. The molecule has 0 saturated carbocycles. The normalized spacial score (nSPS) is 14.4. The minimum Gasteiger partial charge on any atom is -0.393 e. The van der Waals surface area contributed by atoms with E-state index in [2.05, 4.69) is 4.43 Å². The van der Waals surface area contributed by atoms with Gasteiger partial charge in [-0.25, -0.2) is 0 Å². The van der Waals surface area contributed by atoms with Crippen molar-refractivity contribution >= 4 is 8.32 Å². The summed E-state index contributed by atoms with van der Waals surface area (Å²) in [5.41, 5.74) is 3.10. The summed E-state index contributed by atoms with van der Waals surface area (Å²) in [6.45, 7) is 3.35. The van der Waals surface area contributed by atoms with Gasteiger partial charge in [0.1, 0.15) is 0 Å². The Bertz CT molecular complexity index is 312. The molecule has 0 fully saturated rings. The van der Waals surface area contributed by atoms with E-state index in [4.69, 9.17) is 5.53 Å². The van der Waals surface area contributed by atoms with Crippen LogP contribution in [0.3, 0.4) is 0 Å². The van der Waals surface area contributed by atoms with Crippen LogP contribution in [0, 0.1) is 0 Å². The van der Waals surface area contributed by atoms with E-state index in [1.807, 2.05) is 5.11 Å². The Morgan fingerprint density at radius 2 is 1.35 bits per heavy atom. The van der Waals surface area contributed by atoms with Crippen molar-refractivity contribution in [2.24, 2.45) is 5.11 Å². The SMILES string of the molecule is C[Si](C)(C)OC(N=[N+]=[N-])(C(F)(F)F)C(F)(F)F. The third kappa shape index (κ3) is 3.51. The fraction of sp³-hybridized carbons (Fsp3) is 1.00. The molecule has 0 bridgehead atoms. The number of halogens is 6. The highest BCUT2D eigenvalue weighted by atomic mass is 28.4. The zero-order valence-electron chi connectivity index (χ0n) is 9.02. The molecule has 0 amide bonds. The average molecular weight is 281 g/mol. The third-order valence-corrected chi connectivity index (χ3v) is 2.32. The van der Waals surface area contributed by atoms with Crippen LogP contribution in [0.4, 0.5) is 26.3 Å². The minimum absolute atomic E-state index is 1.12. The Kier molecular flexibility index (Phi) is 4.15. The maximum absolute atomic E-state index is 12.5. The van der Waals surface area contributed by atoms with Crippen LogP contribution in [0.15, 0.2) is 5.11 Å². The minimum atomic E-state index is -5.88. The molecule has 0 spiro atoms. The fourth-order valence-electron chi connectivity index (χ4n) is 0.916. The summed E-state index contributed by atoms with van der Waals surface area (Å²) >= 11 is 0. The first-order valence-electron chi connectivity index (χ1n) is 4.17. The molecular formula is C6H9F6N3OSi. The Hall–Kier alpha value is -0.933. The zero-order valence-corrected chi connectivity index (χ0v) is 10.0. The van der Waals surface area contributed by atoms with E-state index >= 15 is 0 Å². The van der Waals surface area contributed by atoms with Crippen molar-refractivity contribution in [1.29, 1.82) is 0 Å². The van der Waals surface area contributed by atoms with Crippen LogP contribution < -0.4 is 0 Å². The lowest BCUT2D eigenvalue weighted by molar-refractivity contribution is -0.358. The van der Waals surface area contributed by atoms with Crippen molar-refractivity contribution in [3.63, 3.8) is 0 Å². The fourth-order valence-corrected chi connectivity index (χ4v) is 2.07. The number of hydrogen-bond donors (Lipinski definition) is 0. The molecule has 0 rings (SSSR count). The summed E-state index contributed by atoms with van der Waals surface area (Å²) in [5, 5.41) is 1.83. The lowest BCUT2D eigenvalue weighted by atomic mass is 10.2. The molecule has 0 aliphatic rings. The lowest BCUT2D eigenvalue weighted by Crippen LogP contribution is -2.60. The first-order valence-corrected chi connectivity index (χ1v) is 7.57. The second-order valence-corrected chi connectivity index (χ2v) is 8.47. The van der Waals surface area contributed by atoms with E-state index in [-0.39, 0.29) is 0 Å². The lowest BCUT2D eigenvalue weighted by Gasteiger charge is -2.37. The smallest absolute Gasteiger partial charge is 0.393 e. The van der Waals surface area contributed by atoms with Gasteiger partial charge in [-0.05, 0) is 30.3 Å².